The van der Waals surface area contributed by atoms with Crippen LogP contribution in [0, 0.1) is 6.92 Å². The van der Waals surface area contributed by atoms with Crippen molar-refractivity contribution in [3.8, 4) is 0 Å². The van der Waals surface area contributed by atoms with Crippen molar-refractivity contribution in [2.75, 3.05) is 37.0 Å². The number of nitrogen functional groups attached to an aromatic ring is 1. The molecule has 3 N–H and O–H groups in total. The fourth-order valence-corrected chi connectivity index (χ4v) is 1.97. The van der Waals surface area contributed by atoms with E-state index in [-0.39, 0.29) is 5.91 Å². The maximum atomic E-state index is 11.8. The Balaban J connectivity index is 2.24. The predicted octanol–water partition coefficient (Wildman–Crippen LogP) is -0.261. The monoisotopic (exact) mass is 250 g/mol. The molecule has 0 spiro atoms. The summed E-state index contributed by atoms with van der Waals surface area (Å²) >= 11 is 0. The normalized spacial score (nSPS) is 16.7. The molecular formula is C11H18N6O. The molecule has 2 heterocycles. The number of nitrogens with two attached hydrogens (primary N) is 1. The average Bonchev–Trinajstić information content (AvgIpc) is 2.51. The number of carbonyl (C=O) groups excluding carboxylic acids is 1. The molecule has 0 saturated carbocycles. The Morgan fingerprint density at radius 2 is 2.17 bits per heavy atom. The summed E-state index contributed by atoms with van der Waals surface area (Å²) in [5.41, 5.74) is 2.51. The number of nitrogens with one attached hydrogen (secondary N) is 1. The Hall–Kier alpha value is -1.89. The van der Waals surface area contributed by atoms with Crippen LogP contribution < -0.4 is 16.2 Å². The van der Waals surface area contributed by atoms with Crippen LogP contribution in [0.15, 0.2) is 6.07 Å². The third kappa shape index (κ3) is 2.67. The van der Waals surface area contributed by atoms with E-state index in [1.165, 1.54) is 0 Å². The molecule has 0 radical (unpaired) electrons. The molecule has 7 heteroatoms. The summed E-state index contributed by atoms with van der Waals surface area (Å²) in [7, 11) is 1.82. The first-order valence-electron chi connectivity index (χ1n) is 5.91. The number of amides is 1. The van der Waals surface area contributed by atoms with Crippen molar-refractivity contribution in [3.63, 3.8) is 0 Å². The van der Waals surface area contributed by atoms with Gasteiger partial charge in [0.2, 0.25) is 5.91 Å². The lowest BCUT2D eigenvalue weighted by Gasteiger charge is -2.21. The third-order valence-corrected chi connectivity index (χ3v) is 2.97. The fraction of sp³-hybridized carbons (Fsp3) is 0.545. The molecule has 18 heavy (non-hydrogen) atoms. The van der Waals surface area contributed by atoms with Crippen molar-refractivity contribution in [2.45, 2.75) is 13.3 Å². The van der Waals surface area contributed by atoms with Gasteiger partial charge in [-0.3, -0.25) is 4.79 Å². The number of hydrogen-bond donors (Lipinski definition) is 2. The summed E-state index contributed by atoms with van der Waals surface area (Å²) in [6.07, 6.45) is 0.927. The first-order valence-corrected chi connectivity index (χ1v) is 5.91. The number of hydrazine groups is 1. The van der Waals surface area contributed by atoms with Crippen molar-refractivity contribution in [1.29, 1.82) is 0 Å². The van der Waals surface area contributed by atoms with Gasteiger partial charge in [-0.05, 0) is 13.3 Å². The topological polar surface area (TPSA) is 87.4 Å². The van der Waals surface area contributed by atoms with Crippen molar-refractivity contribution < 1.29 is 4.79 Å². The van der Waals surface area contributed by atoms with Crippen molar-refractivity contribution in [1.82, 2.24) is 14.9 Å². The van der Waals surface area contributed by atoms with Crippen molar-refractivity contribution >= 4 is 17.5 Å². The van der Waals surface area contributed by atoms with E-state index in [0.29, 0.717) is 18.2 Å². The molecule has 0 atom stereocenters. The maximum Gasteiger partial charge on any atom is 0.241 e. The van der Waals surface area contributed by atoms with E-state index in [2.05, 4.69) is 15.4 Å². The third-order valence-electron chi connectivity index (χ3n) is 2.97. The molecule has 2 rings (SSSR count). The minimum absolute atomic E-state index is 0.103. The minimum Gasteiger partial charge on any atom is -0.347 e. The van der Waals surface area contributed by atoms with E-state index in [9.17, 15) is 4.79 Å². The van der Waals surface area contributed by atoms with Crippen LogP contribution in [0.1, 0.15) is 12.2 Å². The molecule has 0 unspecified atom stereocenters. The summed E-state index contributed by atoms with van der Waals surface area (Å²) in [5.74, 6) is 7.39. The number of carbonyl (C=O) groups is 1. The van der Waals surface area contributed by atoms with E-state index < -0.39 is 0 Å². The number of nitrogens with zero attached hydrogens (tertiary/aromatic N) is 4. The Labute approximate surface area is 106 Å². The Morgan fingerprint density at radius 1 is 1.39 bits per heavy atom. The molecule has 0 aliphatic carbocycles. The molecule has 0 bridgehead atoms. The van der Waals surface area contributed by atoms with Crippen LogP contribution in [0.5, 0.6) is 0 Å². The molecule has 1 aliphatic rings. The van der Waals surface area contributed by atoms with Gasteiger partial charge in [0.1, 0.15) is 17.5 Å². The van der Waals surface area contributed by atoms with Crippen LogP contribution in [-0.4, -0.2) is 47.5 Å². The largest absolute Gasteiger partial charge is 0.347 e. The molecule has 7 nitrogen and oxygen atoms in total. The highest BCUT2D eigenvalue weighted by Gasteiger charge is 2.20. The number of hydrogen-bond acceptors (Lipinski definition) is 6. The zero-order valence-electron chi connectivity index (χ0n) is 10.7. The van der Waals surface area contributed by atoms with E-state index >= 15 is 0 Å². The first-order chi connectivity index (χ1) is 8.60. The number of aryl methyl sites for hydroxylation is 1. The van der Waals surface area contributed by atoms with Gasteiger partial charge in [-0.15, -0.1) is 0 Å². The van der Waals surface area contributed by atoms with Crippen LogP contribution in [-0.2, 0) is 4.79 Å². The van der Waals surface area contributed by atoms with Crippen LogP contribution in [0.4, 0.5) is 11.6 Å². The molecule has 1 aromatic heterocycles. The van der Waals surface area contributed by atoms with Crippen LogP contribution >= 0.6 is 0 Å². The highest BCUT2D eigenvalue weighted by atomic mass is 16.2. The fourth-order valence-electron chi connectivity index (χ4n) is 1.97. The van der Waals surface area contributed by atoms with Gasteiger partial charge in [-0.2, -0.15) is 0 Å². The predicted molar refractivity (Wildman–Crippen MR) is 69.0 cm³/mol. The molecular weight excluding hydrogens is 232 g/mol. The second-order valence-corrected chi connectivity index (χ2v) is 4.39. The van der Waals surface area contributed by atoms with Gasteiger partial charge in [0, 0.05) is 26.2 Å². The van der Waals surface area contributed by atoms with Gasteiger partial charge >= 0.3 is 0 Å². The minimum atomic E-state index is 0.103. The number of anilines is 2. The lowest BCUT2D eigenvalue weighted by molar-refractivity contribution is -0.127. The molecule has 1 fully saturated rings. The van der Waals surface area contributed by atoms with Gasteiger partial charge in [-0.25, -0.2) is 15.8 Å². The Kier molecular flexibility index (Phi) is 3.61. The molecule has 98 valence electrons. The highest BCUT2D eigenvalue weighted by Crippen LogP contribution is 2.17. The van der Waals surface area contributed by atoms with Crippen LogP contribution in [0.25, 0.3) is 0 Å². The zero-order chi connectivity index (χ0) is 13.1. The Bertz CT molecular complexity index is 449. The van der Waals surface area contributed by atoms with E-state index in [0.717, 1.165) is 25.3 Å². The van der Waals surface area contributed by atoms with Gasteiger partial charge < -0.3 is 15.2 Å². The average molecular weight is 250 g/mol. The van der Waals surface area contributed by atoms with Crippen molar-refractivity contribution in [3.05, 3.63) is 11.9 Å². The summed E-state index contributed by atoms with van der Waals surface area (Å²) in [6, 6.07) is 1.76. The van der Waals surface area contributed by atoms with Gasteiger partial charge in [0.25, 0.3) is 0 Å². The molecule has 1 aromatic rings. The zero-order valence-corrected chi connectivity index (χ0v) is 10.7. The second kappa shape index (κ2) is 5.18. The summed E-state index contributed by atoms with van der Waals surface area (Å²) in [6.45, 7) is 3.73. The standard InChI is InChI=1S/C11H18N6O/c1-8-13-9(15-12)6-10(14-8)17-5-3-4-16(2)11(18)7-17/h6H,3-5,7,12H2,1-2H3,(H,13,14,15). The molecule has 0 aromatic carbocycles. The van der Waals surface area contributed by atoms with Gasteiger partial charge in [-0.1, -0.05) is 0 Å². The Morgan fingerprint density at radius 3 is 2.89 bits per heavy atom. The summed E-state index contributed by atoms with van der Waals surface area (Å²) in [4.78, 5) is 24.0. The molecule has 1 amide bonds. The van der Waals surface area contributed by atoms with E-state index in [4.69, 9.17) is 5.84 Å². The van der Waals surface area contributed by atoms with Crippen LogP contribution in [0.3, 0.4) is 0 Å². The molecule has 1 saturated heterocycles. The summed E-state index contributed by atoms with van der Waals surface area (Å²) in [5, 5.41) is 0. The summed E-state index contributed by atoms with van der Waals surface area (Å²) < 4.78 is 0. The number of rotatable bonds is 2. The lowest BCUT2D eigenvalue weighted by atomic mass is 10.3. The number of likely N-dealkylation sites (N-methyl/N-ethyl adjacent to an activating group) is 1. The van der Waals surface area contributed by atoms with E-state index in [1.807, 2.05) is 11.9 Å². The number of aromatic nitrogens is 2. The highest BCUT2D eigenvalue weighted by molar-refractivity contribution is 5.81. The first kappa shape index (κ1) is 12.6. The van der Waals surface area contributed by atoms with Crippen LogP contribution in [0.2, 0.25) is 0 Å². The van der Waals surface area contributed by atoms with Crippen molar-refractivity contribution in [2.24, 2.45) is 5.84 Å². The SMILES string of the molecule is Cc1nc(NN)cc(N2CCCN(C)C(=O)C2)n1. The smallest absolute Gasteiger partial charge is 0.241 e. The molecule has 1 aliphatic heterocycles. The van der Waals surface area contributed by atoms with Gasteiger partial charge in [0.05, 0.1) is 6.54 Å². The maximum absolute atomic E-state index is 11.8. The quantitative estimate of drug-likeness (QED) is 0.555. The van der Waals surface area contributed by atoms with E-state index in [1.54, 1.807) is 17.9 Å². The van der Waals surface area contributed by atoms with Gasteiger partial charge in [0.15, 0.2) is 0 Å². The lowest BCUT2D eigenvalue weighted by Crippen LogP contribution is -2.34. The second-order valence-electron chi connectivity index (χ2n) is 4.39.